The number of halogens is 3. The standard InChI is InChI=1S/C23H21F3N4O3S/c24-23(25,26)20-3-1-2-16(29-20)17(31)5-4-14-7-10-30(11-8-14)22-27-9-6-15(28-22)12-19-18(32)13-21(33)34-19/h1-3,6,9,12,14H,4-5,7-8,10-11,13H2/b19-12-. The molecule has 0 unspecified atom stereocenters. The van der Waals surface area contributed by atoms with Crippen LogP contribution in [0.5, 0.6) is 0 Å². The summed E-state index contributed by atoms with van der Waals surface area (Å²) in [6, 6.07) is 5.04. The van der Waals surface area contributed by atoms with Gasteiger partial charge < -0.3 is 4.90 Å². The summed E-state index contributed by atoms with van der Waals surface area (Å²) in [5.74, 6) is 0.190. The number of rotatable bonds is 6. The van der Waals surface area contributed by atoms with Crippen molar-refractivity contribution in [3.63, 3.8) is 0 Å². The van der Waals surface area contributed by atoms with Crippen molar-refractivity contribution >= 4 is 40.5 Å². The summed E-state index contributed by atoms with van der Waals surface area (Å²) < 4.78 is 38.5. The van der Waals surface area contributed by atoms with Gasteiger partial charge in [-0.25, -0.2) is 15.0 Å². The Bertz CT molecular complexity index is 1140. The maximum absolute atomic E-state index is 12.8. The number of anilines is 1. The minimum absolute atomic E-state index is 0.0890. The number of nitrogens with zero attached hydrogens (tertiary/aromatic N) is 4. The molecular formula is C23H21F3N4O3S. The maximum Gasteiger partial charge on any atom is 0.433 e. The van der Waals surface area contributed by atoms with Crippen molar-refractivity contribution in [2.75, 3.05) is 18.0 Å². The number of alkyl halides is 3. The molecule has 0 bridgehead atoms. The van der Waals surface area contributed by atoms with Crippen molar-refractivity contribution in [3.8, 4) is 0 Å². The predicted molar refractivity (Wildman–Crippen MR) is 120 cm³/mol. The summed E-state index contributed by atoms with van der Waals surface area (Å²) in [5, 5.41) is -0.171. The Hall–Kier alpha value is -3.08. The number of Topliss-reactive ketones (excluding diaryl/α,β-unsaturated/α-hetero) is 2. The van der Waals surface area contributed by atoms with E-state index in [-0.39, 0.29) is 35.4 Å². The summed E-state index contributed by atoms with van der Waals surface area (Å²) in [4.78, 5) is 50.3. The number of piperidine rings is 1. The lowest BCUT2D eigenvalue weighted by atomic mass is 9.91. The first-order valence-corrected chi connectivity index (χ1v) is 11.6. The number of carbonyl (C=O) groups is 3. The van der Waals surface area contributed by atoms with E-state index in [9.17, 15) is 27.6 Å². The quantitative estimate of drug-likeness (QED) is 0.335. The van der Waals surface area contributed by atoms with Crippen molar-refractivity contribution in [3.05, 3.63) is 52.4 Å². The van der Waals surface area contributed by atoms with Gasteiger partial charge in [0.15, 0.2) is 11.6 Å². The van der Waals surface area contributed by atoms with Gasteiger partial charge in [0.05, 0.1) is 17.0 Å². The monoisotopic (exact) mass is 490 g/mol. The van der Waals surface area contributed by atoms with Crippen molar-refractivity contribution in [2.45, 2.75) is 38.3 Å². The first kappa shape index (κ1) is 24.1. The van der Waals surface area contributed by atoms with Crippen LogP contribution in [0.4, 0.5) is 19.1 Å². The van der Waals surface area contributed by atoms with Crippen molar-refractivity contribution in [1.82, 2.24) is 15.0 Å². The zero-order valence-corrected chi connectivity index (χ0v) is 18.9. The molecule has 2 aromatic rings. The van der Waals surface area contributed by atoms with Gasteiger partial charge in [0, 0.05) is 25.7 Å². The highest BCUT2D eigenvalue weighted by Gasteiger charge is 2.33. The highest BCUT2D eigenvalue weighted by molar-refractivity contribution is 8.18. The Kier molecular flexibility index (Phi) is 7.11. The molecule has 178 valence electrons. The fraction of sp³-hybridized carbons (Fsp3) is 0.391. The molecule has 2 saturated heterocycles. The second-order valence-corrected chi connectivity index (χ2v) is 9.26. The zero-order chi connectivity index (χ0) is 24.3. The van der Waals surface area contributed by atoms with Crippen LogP contribution in [-0.4, -0.2) is 44.7 Å². The van der Waals surface area contributed by atoms with Crippen LogP contribution < -0.4 is 4.90 Å². The third-order valence-electron chi connectivity index (χ3n) is 5.75. The lowest BCUT2D eigenvalue weighted by Crippen LogP contribution is -2.35. The van der Waals surface area contributed by atoms with Crippen LogP contribution in [0.3, 0.4) is 0 Å². The Morgan fingerprint density at radius 1 is 1.15 bits per heavy atom. The fourth-order valence-electron chi connectivity index (χ4n) is 3.91. The third-order valence-corrected chi connectivity index (χ3v) is 6.69. The molecule has 4 heterocycles. The number of carbonyl (C=O) groups excluding carboxylic acids is 3. The molecule has 2 aromatic heterocycles. The molecule has 0 spiro atoms. The Balaban J connectivity index is 1.30. The van der Waals surface area contributed by atoms with Crippen molar-refractivity contribution in [1.29, 1.82) is 0 Å². The van der Waals surface area contributed by atoms with E-state index in [2.05, 4.69) is 15.0 Å². The van der Waals surface area contributed by atoms with Gasteiger partial charge in [0.1, 0.15) is 11.4 Å². The van der Waals surface area contributed by atoms with E-state index in [1.165, 1.54) is 12.1 Å². The minimum Gasteiger partial charge on any atom is -0.341 e. The summed E-state index contributed by atoms with van der Waals surface area (Å²) in [5.41, 5.74) is -0.670. The van der Waals surface area contributed by atoms with Crippen LogP contribution in [0.2, 0.25) is 0 Å². The molecule has 2 aliphatic heterocycles. The van der Waals surface area contributed by atoms with Crippen molar-refractivity contribution in [2.24, 2.45) is 5.92 Å². The molecule has 0 saturated carbocycles. The fourth-order valence-corrected chi connectivity index (χ4v) is 4.72. The second kappa shape index (κ2) is 10.0. The van der Waals surface area contributed by atoms with E-state index < -0.39 is 17.7 Å². The first-order valence-electron chi connectivity index (χ1n) is 10.8. The number of hydrogen-bond donors (Lipinski definition) is 0. The topological polar surface area (TPSA) is 93.1 Å². The number of allylic oxidation sites excluding steroid dienone is 1. The summed E-state index contributed by atoms with van der Waals surface area (Å²) in [6.45, 7) is 1.35. The maximum atomic E-state index is 12.8. The van der Waals surface area contributed by atoms with E-state index in [4.69, 9.17) is 0 Å². The Labute approximate surface area is 197 Å². The molecule has 7 nitrogen and oxygen atoms in total. The van der Waals surface area contributed by atoms with Gasteiger partial charge in [0.25, 0.3) is 0 Å². The molecule has 0 aliphatic carbocycles. The molecular weight excluding hydrogens is 469 g/mol. The highest BCUT2D eigenvalue weighted by Crippen LogP contribution is 2.31. The van der Waals surface area contributed by atoms with E-state index >= 15 is 0 Å². The normalized spacial score (nSPS) is 18.7. The average Bonchev–Trinajstić information content (AvgIpc) is 3.13. The van der Waals surface area contributed by atoms with Gasteiger partial charge in [-0.1, -0.05) is 6.07 Å². The van der Waals surface area contributed by atoms with Crippen LogP contribution >= 0.6 is 11.8 Å². The van der Waals surface area contributed by atoms with Crippen LogP contribution in [0.1, 0.15) is 54.0 Å². The Morgan fingerprint density at radius 3 is 2.59 bits per heavy atom. The van der Waals surface area contributed by atoms with E-state index in [0.29, 0.717) is 36.1 Å². The third kappa shape index (κ3) is 5.88. The number of pyridine rings is 1. The molecule has 0 atom stereocenters. The van der Waals surface area contributed by atoms with E-state index in [1.54, 1.807) is 18.3 Å². The van der Waals surface area contributed by atoms with Gasteiger partial charge in [-0.05, 0) is 61.2 Å². The van der Waals surface area contributed by atoms with Gasteiger partial charge in [-0.2, -0.15) is 13.2 Å². The number of ketones is 2. The van der Waals surface area contributed by atoms with Crippen LogP contribution in [0, 0.1) is 5.92 Å². The summed E-state index contributed by atoms with van der Waals surface area (Å²) in [6.07, 6.45) is 0.836. The number of aromatic nitrogens is 3. The molecule has 0 N–H and O–H groups in total. The number of hydrogen-bond acceptors (Lipinski definition) is 8. The van der Waals surface area contributed by atoms with Gasteiger partial charge in [0.2, 0.25) is 11.1 Å². The molecule has 2 fully saturated rings. The molecule has 2 aliphatic rings. The molecule has 0 radical (unpaired) electrons. The summed E-state index contributed by atoms with van der Waals surface area (Å²) in [7, 11) is 0. The average molecular weight is 491 g/mol. The lowest BCUT2D eigenvalue weighted by Gasteiger charge is -2.32. The minimum atomic E-state index is -4.58. The van der Waals surface area contributed by atoms with E-state index in [1.807, 2.05) is 4.90 Å². The van der Waals surface area contributed by atoms with E-state index in [0.717, 1.165) is 30.7 Å². The molecule has 11 heteroatoms. The smallest absolute Gasteiger partial charge is 0.341 e. The largest absolute Gasteiger partial charge is 0.433 e. The SMILES string of the molecule is O=C1CC(=O)/C(=C/c2ccnc(N3CCC(CCC(=O)c4cccc(C(F)(F)F)n4)CC3)n2)S1. The molecule has 4 rings (SSSR count). The van der Waals surface area contributed by atoms with Gasteiger partial charge in [-0.3, -0.25) is 14.4 Å². The van der Waals surface area contributed by atoms with Crippen LogP contribution in [0.15, 0.2) is 35.4 Å². The predicted octanol–water partition coefficient (Wildman–Crippen LogP) is 4.34. The van der Waals surface area contributed by atoms with Gasteiger partial charge >= 0.3 is 6.18 Å². The first-order chi connectivity index (χ1) is 16.2. The second-order valence-electron chi connectivity index (χ2n) is 8.16. The van der Waals surface area contributed by atoms with Crippen LogP contribution in [0.25, 0.3) is 6.08 Å². The molecule has 0 amide bonds. The van der Waals surface area contributed by atoms with Gasteiger partial charge in [-0.15, -0.1) is 0 Å². The highest BCUT2D eigenvalue weighted by atomic mass is 32.2. The molecule has 0 aromatic carbocycles. The summed E-state index contributed by atoms with van der Waals surface area (Å²) >= 11 is 0.929. The zero-order valence-electron chi connectivity index (χ0n) is 18.0. The molecule has 34 heavy (non-hydrogen) atoms. The van der Waals surface area contributed by atoms with Crippen LogP contribution in [-0.2, 0) is 15.8 Å². The number of thioether (sulfide) groups is 1. The Morgan fingerprint density at radius 2 is 1.91 bits per heavy atom. The lowest BCUT2D eigenvalue weighted by molar-refractivity contribution is -0.141. The van der Waals surface area contributed by atoms with Crippen molar-refractivity contribution < 1.29 is 27.6 Å².